The summed E-state index contributed by atoms with van der Waals surface area (Å²) in [4.78, 5) is 8.70. The molecule has 0 spiro atoms. The molecule has 0 aliphatic carbocycles. The van der Waals surface area contributed by atoms with Crippen LogP contribution in [0.15, 0.2) is 59.9 Å². The molecule has 3 rings (SSSR count). The van der Waals surface area contributed by atoms with Gasteiger partial charge in [0.25, 0.3) is 0 Å². The molecule has 1 unspecified atom stereocenters. The zero-order chi connectivity index (χ0) is 13.9. The zero-order valence-corrected chi connectivity index (χ0v) is 12.5. The van der Waals surface area contributed by atoms with Crippen LogP contribution in [0.2, 0.25) is 5.02 Å². The van der Waals surface area contributed by atoms with Crippen LogP contribution in [-0.4, -0.2) is 9.97 Å². The molecule has 0 aliphatic rings. The second-order valence-corrected chi connectivity index (χ2v) is 6.21. The number of hydrogen-bond acceptors (Lipinski definition) is 3. The number of benzene rings is 2. The van der Waals surface area contributed by atoms with Crippen molar-refractivity contribution in [1.29, 1.82) is 0 Å². The van der Waals surface area contributed by atoms with Crippen LogP contribution in [0.4, 0.5) is 0 Å². The lowest BCUT2D eigenvalue weighted by molar-refractivity contribution is 1.06. The topological polar surface area (TPSA) is 25.8 Å². The molecule has 0 fully saturated rings. The molecule has 0 aliphatic heterocycles. The lowest BCUT2D eigenvalue weighted by Crippen LogP contribution is -1.92. The highest BCUT2D eigenvalue weighted by atomic mass is 35.5. The van der Waals surface area contributed by atoms with E-state index < -0.39 is 0 Å². The lowest BCUT2D eigenvalue weighted by atomic mass is 10.2. The molecular weight excluding hydrogens is 288 g/mol. The first kappa shape index (κ1) is 13.4. The Bertz CT molecular complexity index is 740. The highest BCUT2D eigenvalue weighted by molar-refractivity contribution is 7.99. The number of hydrogen-bond donors (Lipinski definition) is 0. The quantitative estimate of drug-likeness (QED) is 0.495. The smallest absolute Gasteiger partial charge is 0.117 e. The Kier molecular flexibility index (Phi) is 3.90. The first-order valence-corrected chi connectivity index (χ1v) is 7.62. The summed E-state index contributed by atoms with van der Waals surface area (Å²) in [6, 6.07) is 16.0. The highest BCUT2D eigenvalue weighted by Gasteiger charge is 2.13. The molecule has 100 valence electrons. The van der Waals surface area contributed by atoms with Gasteiger partial charge in [0.15, 0.2) is 0 Å². The number of aromatic nitrogens is 2. The van der Waals surface area contributed by atoms with Gasteiger partial charge in [-0.25, -0.2) is 9.97 Å². The van der Waals surface area contributed by atoms with E-state index in [0.29, 0.717) is 0 Å². The molecule has 3 aromatic rings. The van der Waals surface area contributed by atoms with E-state index in [2.05, 4.69) is 29.0 Å². The minimum Gasteiger partial charge on any atom is -0.236 e. The molecule has 2 nitrogen and oxygen atoms in total. The van der Waals surface area contributed by atoms with Gasteiger partial charge in [0.2, 0.25) is 0 Å². The maximum atomic E-state index is 6.26. The van der Waals surface area contributed by atoms with E-state index >= 15 is 0 Å². The molecule has 1 heterocycles. The van der Waals surface area contributed by atoms with E-state index in [9.17, 15) is 0 Å². The molecule has 4 heteroatoms. The Morgan fingerprint density at radius 2 is 1.75 bits per heavy atom. The summed E-state index contributed by atoms with van der Waals surface area (Å²) < 4.78 is 0. The van der Waals surface area contributed by atoms with Crippen molar-refractivity contribution < 1.29 is 0 Å². The van der Waals surface area contributed by atoms with Crippen molar-refractivity contribution in [3.05, 3.63) is 65.4 Å². The molecule has 0 amide bonds. The summed E-state index contributed by atoms with van der Waals surface area (Å²) in [5.74, 6) is 0. The molecule has 2 aromatic carbocycles. The second kappa shape index (κ2) is 5.81. The van der Waals surface area contributed by atoms with E-state index in [1.54, 1.807) is 18.1 Å². The van der Waals surface area contributed by atoms with Crippen molar-refractivity contribution in [2.45, 2.75) is 17.2 Å². The lowest BCUT2D eigenvalue weighted by Gasteiger charge is -2.13. The molecule has 1 atom stereocenters. The van der Waals surface area contributed by atoms with Crippen molar-refractivity contribution in [2.75, 3.05) is 0 Å². The van der Waals surface area contributed by atoms with Crippen LogP contribution in [0.5, 0.6) is 0 Å². The summed E-state index contributed by atoms with van der Waals surface area (Å²) in [6.45, 7) is 2.14. The third-order valence-corrected chi connectivity index (χ3v) is 4.64. The van der Waals surface area contributed by atoms with E-state index in [1.807, 2.05) is 36.4 Å². The second-order valence-electron chi connectivity index (χ2n) is 4.48. The maximum Gasteiger partial charge on any atom is 0.117 e. The van der Waals surface area contributed by atoms with Crippen LogP contribution in [0.3, 0.4) is 0 Å². The predicted octanol–water partition coefficient (Wildman–Crippen LogP) is 5.14. The van der Waals surface area contributed by atoms with Gasteiger partial charge in [-0.1, -0.05) is 59.8 Å². The average molecular weight is 301 g/mol. The van der Waals surface area contributed by atoms with Crippen LogP contribution in [0.25, 0.3) is 10.9 Å². The Balaban J connectivity index is 1.96. The number of halogens is 1. The first-order valence-electron chi connectivity index (χ1n) is 6.36. The SMILES string of the molecule is CC(Sc1ncnc2ccccc12)c1ccccc1Cl. The Hall–Kier alpha value is -1.58. The van der Waals surface area contributed by atoms with Crippen LogP contribution < -0.4 is 0 Å². The van der Waals surface area contributed by atoms with Crippen molar-refractivity contribution in [3.63, 3.8) is 0 Å². The summed E-state index contributed by atoms with van der Waals surface area (Å²) in [5.41, 5.74) is 2.10. The van der Waals surface area contributed by atoms with Crippen LogP contribution >= 0.6 is 23.4 Å². The fourth-order valence-corrected chi connectivity index (χ4v) is 3.55. The summed E-state index contributed by atoms with van der Waals surface area (Å²) in [6.07, 6.45) is 1.62. The number of nitrogens with zero attached hydrogens (tertiary/aromatic N) is 2. The average Bonchev–Trinajstić information content (AvgIpc) is 2.48. The molecular formula is C16H13ClN2S. The third-order valence-electron chi connectivity index (χ3n) is 3.14. The fraction of sp³-hybridized carbons (Fsp3) is 0.125. The van der Waals surface area contributed by atoms with Crippen molar-refractivity contribution in [3.8, 4) is 0 Å². The van der Waals surface area contributed by atoms with Crippen LogP contribution in [0.1, 0.15) is 17.7 Å². The minimum absolute atomic E-state index is 0.238. The minimum atomic E-state index is 0.238. The maximum absolute atomic E-state index is 6.26. The van der Waals surface area contributed by atoms with E-state index in [-0.39, 0.29) is 5.25 Å². The summed E-state index contributed by atoms with van der Waals surface area (Å²) in [7, 11) is 0. The number of para-hydroxylation sites is 1. The van der Waals surface area contributed by atoms with Crippen LogP contribution in [-0.2, 0) is 0 Å². The Labute approximate surface area is 127 Å². The van der Waals surface area contributed by atoms with Gasteiger partial charge in [-0.3, -0.25) is 0 Å². The number of fused-ring (bicyclic) bond motifs is 1. The zero-order valence-electron chi connectivity index (χ0n) is 11.0. The van der Waals surface area contributed by atoms with Gasteiger partial charge in [0.05, 0.1) is 5.52 Å². The normalized spacial score (nSPS) is 12.5. The summed E-state index contributed by atoms with van der Waals surface area (Å²) >= 11 is 7.96. The standard InChI is InChI=1S/C16H13ClN2S/c1-11(12-6-2-4-8-14(12)17)20-16-13-7-3-5-9-15(13)18-10-19-16/h2-11H,1H3. The monoisotopic (exact) mass is 300 g/mol. The highest BCUT2D eigenvalue weighted by Crippen LogP contribution is 2.38. The third kappa shape index (κ3) is 2.65. The van der Waals surface area contributed by atoms with Gasteiger partial charge in [-0.2, -0.15) is 0 Å². The van der Waals surface area contributed by atoms with Gasteiger partial charge in [0, 0.05) is 15.7 Å². The molecule has 0 N–H and O–H groups in total. The molecule has 0 saturated heterocycles. The predicted molar refractivity (Wildman–Crippen MR) is 85.3 cm³/mol. The Morgan fingerprint density at radius 1 is 1.00 bits per heavy atom. The van der Waals surface area contributed by atoms with E-state index in [4.69, 9.17) is 11.6 Å². The van der Waals surface area contributed by atoms with Crippen LogP contribution in [0, 0.1) is 0 Å². The van der Waals surface area contributed by atoms with Crippen molar-refractivity contribution in [1.82, 2.24) is 9.97 Å². The van der Waals surface area contributed by atoms with E-state index in [1.165, 1.54) is 0 Å². The molecule has 0 radical (unpaired) electrons. The molecule has 0 bridgehead atoms. The van der Waals surface area contributed by atoms with Gasteiger partial charge in [-0.05, 0) is 24.6 Å². The fourth-order valence-electron chi connectivity index (χ4n) is 2.11. The van der Waals surface area contributed by atoms with Crippen molar-refractivity contribution >= 4 is 34.3 Å². The summed E-state index contributed by atoms with van der Waals surface area (Å²) in [5, 5.41) is 3.11. The van der Waals surface area contributed by atoms with Gasteiger partial charge in [-0.15, -0.1) is 0 Å². The molecule has 0 saturated carbocycles. The number of thioether (sulfide) groups is 1. The molecule has 20 heavy (non-hydrogen) atoms. The van der Waals surface area contributed by atoms with E-state index in [0.717, 1.165) is 26.5 Å². The molecule has 1 aromatic heterocycles. The van der Waals surface area contributed by atoms with Gasteiger partial charge >= 0.3 is 0 Å². The first-order chi connectivity index (χ1) is 9.75. The van der Waals surface area contributed by atoms with Gasteiger partial charge < -0.3 is 0 Å². The Morgan fingerprint density at radius 3 is 2.60 bits per heavy atom. The number of rotatable bonds is 3. The van der Waals surface area contributed by atoms with Crippen molar-refractivity contribution in [2.24, 2.45) is 0 Å². The largest absolute Gasteiger partial charge is 0.236 e. The van der Waals surface area contributed by atoms with Gasteiger partial charge in [0.1, 0.15) is 11.4 Å².